The topological polar surface area (TPSA) is 48.5 Å². The van der Waals surface area contributed by atoms with Gasteiger partial charge in [0.25, 0.3) is 0 Å². The van der Waals surface area contributed by atoms with Crippen molar-refractivity contribution in [3.8, 4) is 11.3 Å². The number of nitrogens with zero attached hydrogens (tertiary/aromatic N) is 3. The van der Waals surface area contributed by atoms with Crippen molar-refractivity contribution >= 4 is 45.6 Å². The van der Waals surface area contributed by atoms with Crippen molar-refractivity contribution in [2.24, 2.45) is 0 Å². The van der Waals surface area contributed by atoms with E-state index in [0.717, 1.165) is 75.7 Å². The molecule has 2 aliphatic heterocycles. The Labute approximate surface area is 246 Å². The normalized spacial score (nSPS) is 16.9. The third-order valence-corrected chi connectivity index (χ3v) is 9.47. The molecule has 0 unspecified atom stereocenters. The second-order valence-corrected chi connectivity index (χ2v) is 12.5. The van der Waals surface area contributed by atoms with Crippen LogP contribution < -0.4 is 10.2 Å². The maximum atomic E-state index is 12.5. The second-order valence-electron chi connectivity index (χ2n) is 10.8. The molecule has 0 atom stereocenters. The molecule has 2 aliphatic rings. The predicted molar refractivity (Wildman–Crippen MR) is 164 cm³/mol. The van der Waals surface area contributed by atoms with Crippen LogP contribution in [0.25, 0.3) is 11.3 Å². The van der Waals surface area contributed by atoms with Gasteiger partial charge in [-0.2, -0.15) is 0 Å². The van der Waals surface area contributed by atoms with Crippen LogP contribution in [0.1, 0.15) is 62.5 Å². The molecule has 0 radical (unpaired) electrons. The average molecular weight is 586 g/mol. The molecule has 2 fully saturated rings. The van der Waals surface area contributed by atoms with E-state index >= 15 is 0 Å². The van der Waals surface area contributed by atoms with Crippen LogP contribution in [0.2, 0.25) is 10.0 Å². The molecule has 3 aromatic rings. The number of amides is 1. The number of piperidine rings is 2. The van der Waals surface area contributed by atoms with Crippen LogP contribution >= 0.6 is 34.5 Å². The van der Waals surface area contributed by atoms with Gasteiger partial charge < -0.3 is 10.2 Å². The molecule has 2 aromatic carbocycles. The van der Waals surface area contributed by atoms with Crippen LogP contribution in [0, 0.1) is 0 Å². The monoisotopic (exact) mass is 584 g/mol. The van der Waals surface area contributed by atoms with Gasteiger partial charge in [-0.25, -0.2) is 4.98 Å². The van der Waals surface area contributed by atoms with Crippen LogP contribution in [0.15, 0.2) is 47.8 Å². The molecule has 208 valence electrons. The molecule has 1 N–H and O–H groups in total. The molecule has 0 aliphatic carbocycles. The zero-order valence-electron chi connectivity index (χ0n) is 22.5. The molecule has 39 heavy (non-hydrogen) atoms. The summed E-state index contributed by atoms with van der Waals surface area (Å²) in [7, 11) is 0. The van der Waals surface area contributed by atoms with E-state index in [0.29, 0.717) is 16.5 Å². The van der Waals surface area contributed by atoms with E-state index in [1.165, 1.54) is 36.0 Å². The van der Waals surface area contributed by atoms with E-state index in [1.54, 1.807) is 11.3 Å². The van der Waals surface area contributed by atoms with E-state index in [-0.39, 0.29) is 11.9 Å². The number of aromatic nitrogens is 1. The number of unbranched alkanes of at least 4 members (excludes halogenated alkanes) is 1. The van der Waals surface area contributed by atoms with Crippen molar-refractivity contribution in [2.45, 2.75) is 70.4 Å². The highest BCUT2D eigenvalue weighted by Gasteiger charge is 2.21. The quantitative estimate of drug-likeness (QED) is 0.249. The Morgan fingerprint density at radius 1 is 0.923 bits per heavy atom. The molecular weight excluding hydrogens is 547 g/mol. The Morgan fingerprint density at radius 3 is 2.41 bits per heavy atom. The van der Waals surface area contributed by atoms with Gasteiger partial charge in [-0.1, -0.05) is 53.5 Å². The lowest BCUT2D eigenvalue weighted by atomic mass is 10.0. The fourth-order valence-electron chi connectivity index (χ4n) is 5.52. The van der Waals surface area contributed by atoms with Gasteiger partial charge in [-0.15, -0.1) is 11.3 Å². The van der Waals surface area contributed by atoms with E-state index in [9.17, 15) is 4.79 Å². The number of halogens is 2. The van der Waals surface area contributed by atoms with Crippen molar-refractivity contribution < 1.29 is 4.79 Å². The molecule has 0 spiro atoms. The van der Waals surface area contributed by atoms with Crippen LogP contribution in [0.4, 0.5) is 5.13 Å². The Hall–Kier alpha value is -2.12. The van der Waals surface area contributed by atoms with E-state index in [1.807, 2.05) is 18.2 Å². The zero-order chi connectivity index (χ0) is 27.0. The molecule has 5 nitrogen and oxygen atoms in total. The van der Waals surface area contributed by atoms with Crippen LogP contribution in [-0.4, -0.2) is 48.0 Å². The minimum absolute atomic E-state index is 0.182. The Kier molecular flexibility index (Phi) is 10.2. The minimum Gasteiger partial charge on any atom is -0.353 e. The first-order valence-electron chi connectivity index (χ1n) is 14.3. The summed E-state index contributed by atoms with van der Waals surface area (Å²) in [6, 6.07) is 14.9. The van der Waals surface area contributed by atoms with Gasteiger partial charge >= 0.3 is 0 Å². The Balaban J connectivity index is 0.975. The summed E-state index contributed by atoms with van der Waals surface area (Å²) < 4.78 is 0. The zero-order valence-corrected chi connectivity index (χ0v) is 24.8. The van der Waals surface area contributed by atoms with Crippen molar-refractivity contribution in [2.75, 3.05) is 31.1 Å². The number of benzene rings is 2. The van der Waals surface area contributed by atoms with Gasteiger partial charge in [0.2, 0.25) is 5.91 Å². The average Bonchev–Trinajstić information content (AvgIpc) is 3.46. The highest BCUT2D eigenvalue weighted by Crippen LogP contribution is 2.29. The summed E-state index contributed by atoms with van der Waals surface area (Å²) in [5.41, 5.74) is 4.75. The Morgan fingerprint density at radius 2 is 1.67 bits per heavy atom. The van der Waals surface area contributed by atoms with Gasteiger partial charge in [0, 0.05) is 56.1 Å². The lowest BCUT2D eigenvalue weighted by Gasteiger charge is -2.32. The van der Waals surface area contributed by atoms with Crippen molar-refractivity contribution in [1.29, 1.82) is 0 Å². The van der Waals surface area contributed by atoms with Crippen LogP contribution in [0.5, 0.6) is 0 Å². The molecule has 1 amide bonds. The molecule has 8 heteroatoms. The first kappa shape index (κ1) is 28.4. The number of thiazole rings is 1. The van der Waals surface area contributed by atoms with Crippen molar-refractivity contribution in [1.82, 2.24) is 15.2 Å². The van der Waals surface area contributed by atoms with E-state index in [4.69, 9.17) is 28.2 Å². The summed E-state index contributed by atoms with van der Waals surface area (Å²) >= 11 is 13.9. The van der Waals surface area contributed by atoms with Crippen LogP contribution in [-0.2, 0) is 17.8 Å². The number of hydrogen-bond donors (Lipinski definition) is 1. The van der Waals surface area contributed by atoms with Gasteiger partial charge in [-0.3, -0.25) is 9.69 Å². The SMILES string of the molecule is O=C(CCCCc1ccc(-c2csc(N3CCCCC3)n2)cc1)NC1CCN(Cc2ccc(Cl)c(Cl)c2)CC1. The third kappa shape index (κ3) is 8.20. The fourth-order valence-corrected chi connectivity index (χ4v) is 6.72. The smallest absolute Gasteiger partial charge is 0.220 e. The molecule has 2 saturated heterocycles. The standard InChI is InChI=1S/C31H38Cl2N4OS/c32-27-13-10-24(20-28(27)33)21-36-18-14-26(15-19-36)34-30(38)7-3-2-6-23-8-11-25(12-9-23)29-22-39-31(35-29)37-16-4-1-5-17-37/h8-13,20,22,26H,1-7,14-19,21H2,(H,34,38). The number of nitrogens with one attached hydrogen (secondary N) is 1. The highest BCUT2D eigenvalue weighted by atomic mass is 35.5. The second kappa shape index (κ2) is 14.0. The first-order valence-corrected chi connectivity index (χ1v) is 15.9. The number of rotatable bonds is 10. The summed E-state index contributed by atoms with van der Waals surface area (Å²) in [5, 5.41) is 7.78. The lowest BCUT2D eigenvalue weighted by Crippen LogP contribution is -2.44. The number of hydrogen-bond acceptors (Lipinski definition) is 5. The first-order chi connectivity index (χ1) is 19.0. The van der Waals surface area contributed by atoms with Crippen molar-refractivity contribution in [3.63, 3.8) is 0 Å². The molecule has 0 saturated carbocycles. The summed E-state index contributed by atoms with van der Waals surface area (Å²) in [4.78, 5) is 22.2. The van der Waals surface area contributed by atoms with Gasteiger partial charge in [0.1, 0.15) is 0 Å². The lowest BCUT2D eigenvalue weighted by molar-refractivity contribution is -0.122. The third-order valence-electron chi connectivity index (χ3n) is 7.83. The minimum atomic E-state index is 0.182. The molecule has 5 rings (SSSR count). The van der Waals surface area contributed by atoms with E-state index < -0.39 is 0 Å². The van der Waals surface area contributed by atoms with Gasteiger partial charge in [-0.05, 0) is 74.6 Å². The number of carbonyl (C=O) groups is 1. The summed E-state index contributed by atoms with van der Waals surface area (Å²) in [5.74, 6) is 0.182. The summed E-state index contributed by atoms with van der Waals surface area (Å²) in [6.45, 7) is 5.07. The van der Waals surface area contributed by atoms with Crippen LogP contribution in [0.3, 0.4) is 0 Å². The number of anilines is 1. The number of likely N-dealkylation sites (tertiary alicyclic amines) is 1. The summed E-state index contributed by atoms with van der Waals surface area (Å²) in [6.07, 6.45) is 9.37. The van der Waals surface area contributed by atoms with E-state index in [2.05, 4.69) is 44.8 Å². The largest absolute Gasteiger partial charge is 0.353 e. The molecule has 3 heterocycles. The number of aryl methyl sites for hydroxylation is 1. The highest BCUT2D eigenvalue weighted by molar-refractivity contribution is 7.14. The maximum Gasteiger partial charge on any atom is 0.220 e. The molecule has 1 aromatic heterocycles. The Bertz CT molecular complexity index is 1220. The van der Waals surface area contributed by atoms with Gasteiger partial charge in [0.15, 0.2) is 5.13 Å². The number of carbonyl (C=O) groups excluding carboxylic acids is 1. The molecular formula is C31H38Cl2N4OS. The maximum absolute atomic E-state index is 12.5. The molecule has 0 bridgehead atoms. The predicted octanol–water partition coefficient (Wildman–Crippen LogP) is 7.60. The van der Waals surface area contributed by atoms with Gasteiger partial charge in [0.05, 0.1) is 15.7 Å². The fraction of sp³-hybridized carbons (Fsp3) is 0.484. The van der Waals surface area contributed by atoms with Crippen molar-refractivity contribution in [3.05, 3.63) is 69.0 Å².